The van der Waals surface area contributed by atoms with Gasteiger partial charge in [0.1, 0.15) is 6.04 Å². The summed E-state index contributed by atoms with van der Waals surface area (Å²) in [6, 6.07) is 9.32. The highest BCUT2D eigenvalue weighted by Crippen LogP contribution is 2.60. The van der Waals surface area contributed by atoms with E-state index in [1.165, 1.54) is 19.3 Å². The van der Waals surface area contributed by atoms with Gasteiger partial charge in [0.2, 0.25) is 11.8 Å². The van der Waals surface area contributed by atoms with Gasteiger partial charge in [-0.25, -0.2) is 0 Å². The first-order valence-electron chi connectivity index (χ1n) is 9.78. The third-order valence-corrected chi connectivity index (χ3v) is 7.08. The van der Waals surface area contributed by atoms with E-state index in [0.29, 0.717) is 13.1 Å². The molecular weight excluding hydrogens is 312 g/mol. The number of carbonyl (C=O) groups excluding carboxylic acids is 2. The van der Waals surface area contributed by atoms with E-state index >= 15 is 0 Å². The molecular formula is C21H26N2O2. The van der Waals surface area contributed by atoms with E-state index in [0.717, 1.165) is 42.6 Å². The summed E-state index contributed by atoms with van der Waals surface area (Å²) in [6.45, 7) is 1.20. The smallest absolute Gasteiger partial charge is 0.247 e. The molecule has 4 heteroatoms. The predicted molar refractivity (Wildman–Crippen MR) is 94.5 cm³/mol. The summed E-state index contributed by atoms with van der Waals surface area (Å²) in [5, 5.41) is 2.96. The SMILES string of the molecule is O=C1NCCN(C(=O)C23CC4CC(CC(C4)C2)C3)C1c1ccccc1. The van der Waals surface area contributed by atoms with Gasteiger partial charge in [0.15, 0.2) is 0 Å². The van der Waals surface area contributed by atoms with E-state index in [1.54, 1.807) is 0 Å². The van der Waals surface area contributed by atoms with Gasteiger partial charge in [0.05, 0.1) is 5.41 Å². The molecule has 2 amide bonds. The van der Waals surface area contributed by atoms with Gasteiger partial charge in [-0.3, -0.25) is 9.59 Å². The molecule has 1 atom stereocenters. The standard InChI is InChI=1S/C21H26N2O2/c24-19-18(17-4-2-1-3-5-17)23(7-6-22-19)20(25)21-11-14-8-15(12-21)10-16(9-14)13-21/h1-5,14-16,18H,6-13H2,(H,22,24). The van der Waals surface area contributed by atoms with Crippen LogP contribution in [0.1, 0.15) is 50.1 Å². The van der Waals surface area contributed by atoms with Crippen LogP contribution < -0.4 is 5.32 Å². The van der Waals surface area contributed by atoms with Gasteiger partial charge in [0.25, 0.3) is 0 Å². The van der Waals surface area contributed by atoms with Gasteiger partial charge < -0.3 is 10.2 Å². The zero-order chi connectivity index (χ0) is 17.0. The second-order valence-corrected chi connectivity index (χ2v) is 8.80. The molecule has 1 N–H and O–H groups in total. The molecule has 0 aromatic heterocycles. The third kappa shape index (κ3) is 2.41. The fourth-order valence-corrected chi connectivity index (χ4v) is 6.53. The van der Waals surface area contributed by atoms with Crippen LogP contribution in [0.3, 0.4) is 0 Å². The van der Waals surface area contributed by atoms with E-state index in [2.05, 4.69) is 5.32 Å². The van der Waals surface area contributed by atoms with Crippen LogP contribution in [0.15, 0.2) is 30.3 Å². The lowest BCUT2D eigenvalue weighted by atomic mass is 9.49. The highest BCUT2D eigenvalue weighted by molar-refractivity contribution is 5.92. The molecule has 1 saturated heterocycles. The van der Waals surface area contributed by atoms with Crippen LogP contribution in [0.25, 0.3) is 0 Å². The quantitative estimate of drug-likeness (QED) is 0.901. The molecule has 1 aromatic carbocycles. The Morgan fingerprint density at radius 3 is 2.20 bits per heavy atom. The molecule has 1 aromatic rings. The van der Waals surface area contributed by atoms with Crippen LogP contribution in [-0.2, 0) is 9.59 Å². The van der Waals surface area contributed by atoms with Crippen molar-refractivity contribution in [2.24, 2.45) is 23.2 Å². The maximum atomic E-state index is 13.7. The summed E-state index contributed by atoms with van der Waals surface area (Å²) in [5.41, 5.74) is 0.747. The Balaban J connectivity index is 1.48. The molecule has 6 rings (SSSR count). The number of amides is 2. The Labute approximate surface area is 149 Å². The minimum absolute atomic E-state index is 0.0319. The van der Waals surface area contributed by atoms with Crippen molar-refractivity contribution in [3.8, 4) is 0 Å². The summed E-state index contributed by atoms with van der Waals surface area (Å²) in [4.78, 5) is 28.3. The third-order valence-electron chi connectivity index (χ3n) is 7.08. The fraction of sp³-hybridized carbons (Fsp3) is 0.619. The number of nitrogens with zero attached hydrogens (tertiary/aromatic N) is 1. The van der Waals surface area contributed by atoms with Gasteiger partial charge >= 0.3 is 0 Å². The lowest BCUT2D eigenvalue weighted by Gasteiger charge is -2.57. The van der Waals surface area contributed by atoms with Crippen molar-refractivity contribution in [1.29, 1.82) is 0 Å². The maximum absolute atomic E-state index is 13.7. The van der Waals surface area contributed by atoms with Crippen molar-refractivity contribution in [3.05, 3.63) is 35.9 Å². The monoisotopic (exact) mass is 338 g/mol. The maximum Gasteiger partial charge on any atom is 0.247 e. The molecule has 1 aliphatic heterocycles. The number of hydrogen-bond donors (Lipinski definition) is 1. The van der Waals surface area contributed by atoms with E-state index in [1.807, 2.05) is 35.2 Å². The average Bonchev–Trinajstić information content (AvgIpc) is 2.60. The van der Waals surface area contributed by atoms with E-state index in [-0.39, 0.29) is 17.2 Å². The molecule has 0 radical (unpaired) electrons. The first-order valence-corrected chi connectivity index (χ1v) is 9.78. The van der Waals surface area contributed by atoms with Crippen LogP contribution in [0.4, 0.5) is 0 Å². The molecule has 25 heavy (non-hydrogen) atoms. The Bertz CT molecular complexity index is 664. The number of hydrogen-bond acceptors (Lipinski definition) is 2. The molecule has 5 aliphatic rings. The van der Waals surface area contributed by atoms with Crippen molar-refractivity contribution in [1.82, 2.24) is 10.2 Å². The Hall–Kier alpha value is -1.84. The summed E-state index contributed by atoms with van der Waals surface area (Å²) < 4.78 is 0. The number of nitrogens with one attached hydrogen (secondary N) is 1. The predicted octanol–water partition coefficient (Wildman–Crippen LogP) is 2.90. The number of benzene rings is 1. The summed E-state index contributed by atoms with van der Waals surface area (Å²) in [7, 11) is 0. The minimum atomic E-state index is -0.463. The molecule has 4 aliphatic carbocycles. The van der Waals surface area contributed by atoms with Crippen LogP contribution in [0.5, 0.6) is 0 Å². The first-order chi connectivity index (χ1) is 12.1. The zero-order valence-corrected chi connectivity index (χ0v) is 14.6. The molecule has 4 bridgehead atoms. The highest BCUT2D eigenvalue weighted by atomic mass is 16.2. The second-order valence-electron chi connectivity index (χ2n) is 8.80. The second kappa shape index (κ2) is 5.58. The summed E-state index contributed by atoms with van der Waals surface area (Å²) in [6.07, 6.45) is 7.14. The van der Waals surface area contributed by atoms with Gasteiger partial charge in [-0.15, -0.1) is 0 Å². The van der Waals surface area contributed by atoms with E-state index < -0.39 is 6.04 Å². The Morgan fingerprint density at radius 2 is 1.60 bits per heavy atom. The largest absolute Gasteiger partial charge is 0.352 e. The molecule has 4 nitrogen and oxygen atoms in total. The normalized spacial score (nSPS) is 39.4. The Kier molecular flexibility index (Phi) is 3.44. The van der Waals surface area contributed by atoms with E-state index in [9.17, 15) is 9.59 Å². The van der Waals surface area contributed by atoms with Crippen molar-refractivity contribution in [3.63, 3.8) is 0 Å². The van der Waals surface area contributed by atoms with E-state index in [4.69, 9.17) is 0 Å². The molecule has 1 unspecified atom stereocenters. The zero-order valence-electron chi connectivity index (χ0n) is 14.6. The van der Waals surface area contributed by atoms with Crippen molar-refractivity contribution >= 4 is 11.8 Å². The van der Waals surface area contributed by atoms with Gasteiger partial charge in [-0.1, -0.05) is 30.3 Å². The minimum Gasteiger partial charge on any atom is -0.352 e. The molecule has 5 fully saturated rings. The molecule has 132 valence electrons. The van der Waals surface area contributed by atoms with Gasteiger partial charge in [0, 0.05) is 13.1 Å². The van der Waals surface area contributed by atoms with Crippen molar-refractivity contribution in [2.45, 2.75) is 44.6 Å². The lowest BCUT2D eigenvalue weighted by Crippen LogP contribution is -2.59. The number of carbonyl (C=O) groups is 2. The lowest BCUT2D eigenvalue weighted by molar-refractivity contribution is -0.164. The van der Waals surface area contributed by atoms with Crippen LogP contribution in [0, 0.1) is 23.2 Å². The van der Waals surface area contributed by atoms with Gasteiger partial charge in [-0.05, 0) is 61.8 Å². The Morgan fingerprint density at radius 1 is 1.00 bits per heavy atom. The molecule has 4 saturated carbocycles. The van der Waals surface area contributed by atoms with Crippen molar-refractivity contribution in [2.75, 3.05) is 13.1 Å². The number of piperazine rings is 1. The average molecular weight is 338 g/mol. The van der Waals surface area contributed by atoms with Crippen LogP contribution >= 0.6 is 0 Å². The van der Waals surface area contributed by atoms with Crippen LogP contribution in [-0.4, -0.2) is 29.8 Å². The molecule has 0 spiro atoms. The molecule has 1 heterocycles. The summed E-state index contributed by atoms with van der Waals surface area (Å²) in [5.74, 6) is 2.45. The topological polar surface area (TPSA) is 49.4 Å². The summed E-state index contributed by atoms with van der Waals surface area (Å²) >= 11 is 0. The van der Waals surface area contributed by atoms with Crippen molar-refractivity contribution < 1.29 is 9.59 Å². The number of rotatable bonds is 2. The fourth-order valence-electron chi connectivity index (χ4n) is 6.53. The van der Waals surface area contributed by atoms with Crippen LogP contribution in [0.2, 0.25) is 0 Å². The van der Waals surface area contributed by atoms with Gasteiger partial charge in [-0.2, -0.15) is 0 Å². The first kappa shape index (κ1) is 15.4. The highest BCUT2D eigenvalue weighted by Gasteiger charge is 2.56.